The molecule has 2 saturated carbocycles. The second-order valence-corrected chi connectivity index (χ2v) is 17.2. The number of fused-ring (bicyclic) bond motifs is 3. The van der Waals surface area contributed by atoms with E-state index < -0.39 is 27.5 Å². The number of amides is 3. The van der Waals surface area contributed by atoms with E-state index in [1.807, 2.05) is 30.4 Å². The van der Waals surface area contributed by atoms with Crippen molar-refractivity contribution in [3.05, 3.63) is 64.7 Å². The predicted octanol–water partition coefficient (Wildman–Crippen LogP) is 6.99. The molecule has 2 aromatic rings. The summed E-state index contributed by atoms with van der Waals surface area (Å²) >= 11 is 6.39. The van der Waals surface area contributed by atoms with Gasteiger partial charge in [-0.05, 0) is 125 Å². The molecule has 4 aliphatic rings. The molecule has 0 aromatic heterocycles. The molecule has 3 amide bonds. The van der Waals surface area contributed by atoms with Gasteiger partial charge in [0.15, 0.2) is 9.92 Å². The topological polar surface area (TPSA) is 128 Å². The lowest BCUT2D eigenvalue weighted by Crippen LogP contribution is -2.47. The van der Waals surface area contributed by atoms with Crippen molar-refractivity contribution < 1.29 is 32.7 Å². The smallest absolute Gasteiger partial charge is 0.327 e. The van der Waals surface area contributed by atoms with Gasteiger partial charge in [-0.3, -0.25) is 4.79 Å². The Bertz CT molecular complexity index is 1750. The van der Waals surface area contributed by atoms with E-state index in [1.165, 1.54) is 0 Å². The highest BCUT2D eigenvalue weighted by Gasteiger charge is 2.38. The maximum absolute atomic E-state index is 15.1. The lowest BCUT2D eigenvalue weighted by atomic mass is 9.70. The normalized spacial score (nSPS) is 30.1. The van der Waals surface area contributed by atoms with Crippen LogP contribution in [0.5, 0.6) is 5.75 Å². The molecular formula is C39H53ClN4O7S. The Morgan fingerprint density at radius 1 is 1.02 bits per heavy atom. The summed E-state index contributed by atoms with van der Waals surface area (Å²) in [5.41, 5.74) is 1.53. The highest BCUT2D eigenvalue weighted by atomic mass is 35.5. The molecule has 284 valence electrons. The van der Waals surface area contributed by atoms with Crippen LogP contribution in [0.15, 0.2) is 57.8 Å². The number of hydrogen-bond donors (Lipinski definition) is 2. The van der Waals surface area contributed by atoms with Crippen molar-refractivity contribution in [3.8, 4) is 5.75 Å². The lowest BCUT2D eigenvalue weighted by Gasteiger charge is -2.43. The van der Waals surface area contributed by atoms with E-state index in [2.05, 4.69) is 19.3 Å². The fourth-order valence-corrected chi connectivity index (χ4v) is 9.43. The molecule has 2 N–H and O–H groups in total. The summed E-state index contributed by atoms with van der Waals surface area (Å²) in [6, 6.07) is 10.3. The first kappa shape index (κ1) is 38.6. The van der Waals surface area contributed by atoms with Gasteiger partial charge in [0.25, 0.3) is 5.91 Å². The van der Waals surface area contributed by atoms with Crippen molar-refractivity contribution in [3.63, 3.8) is 0 Å². The number of benzene rings is 2. The van der Waals surface area contributed by atoms with Gasteiger partial charge in [-0.15, -0.1) is 4.36 Å². The Hall–Kier alpha value is -3.16. The van der Waals surface area contributed by atoms with E-state index in [-0.39, 0.29) is 29.8 Å². The van der Waals surface area contributed by atoms with Gasteiger partial charge >= 0.3 is 6.03 Å². The first-order chi connectivity index (χ1) is 25.0. The minimum Gasteiger partial charge on any atom is -0.487 e. The van der Waals surface area contributed by atoms with Crippen molar-refractivity contribution in [1.29, 1.82) is 0 Å². The average Bonchev–Trinajstić information content (AvgIpc) is 3.14. The van der Waals surface area contributed by atoms with Crippen molar-refractivity contribution in [2.45, 2.75) is 107 Å². The number of urea groups is 1. The van der Waals surface area contributed by atoms with Crippen LogP contribution in [-0.4, -0.2) is 73.9 Å². The maximum atomic E-state index is 15.1. The third-order valence-electron chi connectivity index (χ3n) is 11.1. The summed E-state index contributed by atoms with van der Waals surface area (Å²) in [4.78, 5) is 29.9. The summed E-state index contributed by atoms with van der Waals surface area (Å²) in [6.07, 6.45) is 11.8. The van der Waals surface area contributed by atoms with Crippen molar-refractivity contribution in [2.24, 2.45) is 16.2 Å². The van der Waals surface area contributed by atoms with Crippen molar-refractivity contribution in [1.82, 2.24) is 10.0 Å². The number of hydrogen-bond acceptors (Lipinski definition) is 8. The van der Waals surface area contributed by atoms with E-state index >= 15 is 4.21 Å². The molecular weight excluding hydrogens is 704 g/mol. The van der Waals surface area contributed by atoms with E-state index in [1.54, 1.807) is 46.3 Å². The highest BCUT2D eigenvalue weighted by molar-refractivity contribution is 7.92. The number of carbonyl (C=O) groups excluding carboxylic acids is 2. The van der Waals surface area contributed by atoms with Crippen LogP contribution < -0.4 is 19.7 Å². The zero-order valence-electron chi connectivity index (χ0n) is 30.7. The fraction of sp³-hybridized carbons (Fsp3) is 0.590. The van der Waals surface area contributed by atoms with Crippen LogP contribution in [0, 0.1) is 11.8 Å². The van der Waals surface area contributed by atoms with Gasteiger partial charge in [0.2, 0.25) is 0 Å². The molecule has 0 saturated heterocycles. The minimum absolute atomic E-state index is 0.102. The van der Waals surface area contributed by atoms with Gasteiger partial charge in [0.1, 0.15) is 18.0 Å². The second-order valence-electron chi connectivity index (χ2n) is 14.9. The lowest BCUT2D eigenvalue weighted by molar-refractivity contribution is -0.137. The molecule has 2 bridgehead atoms. The Morgan fingerprint density at radius 3 is 2.56 bits per heavy atom. The average molecular weight is 757 g/mol. The zero-order chi connectivity index (χ0) is 36.9. The number of nitrogens with one attached hydrogen (secondary N) is 2. The largest absolute Gasteiger partial charge is 0.487 e. The summed E-state index contributed by atoms with van der Waals surface area (Å²) in [7, 11) is -0.426. The monoisotopic (exact) mass is 756 g/mol. The number of rotatable bonds is 4. The molecule has 2 aliphatic heterocycles. The molecule has 11 nitrogen and oxygen atoms in total. The standard InChI is InChI=1S/C39H53ClN4O7S/c1-39(2)37(45)42-52(47,43-38(46)41-30-13-15-31(48-3)16-14-30)32-17-19-36-34(23-32)44(24-27-11-18-33(27)35(49-4)9-7-21-51-39)20-6-5-8-26-22-29(40)12-10-28(26)25-50-36/h7,9-10,12,17,19,22-23,27,30-31,33,35H,5-6,8,11,13-16,18,20-21,24-25H2,1-4H3,(H2,41,42,43,45,46,47)/b9-7+/t27-,30?,31?,33+,35-,52?/m0/s1. The van der Waals surface area contributed by atoms with Crippen LogP contribution in [0.25, 0.3) is 0 Å². The Labute approximate surface area is 313 Å². The maximum Gasteiger partial charge on any atom is 0.327 e. The van der Waals surface area contributed by atoms with Crippen LogP contribution in [0.4, 0.5) is 10.5 Å². The van der Waals surface area contributed by atoms with Crippen LogP contribution in [0.1, 0.15) is 76.3 Å². The highest BCUT2D eigenvalue weighted by Crippen LogP contribution is 2.42. The first-order valence-electron chi connectivity index (χ1n) is 18.5. The van der Waals surface area contributed by atoms with E-state index in [9.17, 15) is 9.59 Å². The summed E-state index contributed by atoms with van der Waals surface area (Å²) in [6.45, 7) is 5.11. The molecule has 6 rings (SSSR count). The summed E-state index contributed by atoms with van der Waals surface area (Å²) in [5, 5.41) is 3.67. The fourth-order valence-electron chi connectivity index (χ4n) is 7.68. The van der Waals surface area contributed by atoms with Crippen LogP contribution in [-0.2, 0) is 41.9 Å². The predicted molar refractivity (Wildman–Crippen MR) is 202 cm³/mol. The molecule has 1 unspecified atom stereocenters. The number of ether oxygens (including phenoxy) is 4. The molecule has 13 heteroatoms. The van der Waals surface area contributed by atoms with Gasteiger partial charge in [0.05, 0.1) is 29.4 Å². The first-order valence-corrected chi connectivity index (χ1v) is 20.4. The van der Waals surface area contributed by atoms with Gasteiger partial charge in [-0.25, -0.2) is 13.7 Å². The third kappa shape index (κ3) is 9.13. The number of nitrogens with zero attached hydrogens (tertiary/aromatic N) is 2. The van der Waals surface area contributed by atoms with E-state index in [0.29, 0.717) is 29.2 Å². The summed E-state index contributed by atoms with van der Waals surface area (Å²) < 4.78 is 46.0. The van der Waals surface area contributed by atoms with Gasteiger partial charge in [0, 0.05) is 38.4 Å². The summed E-state index contributed by atoms with van der Waals surface area (Å²) in [5.74, 6) is 0.499. The van der Waals surface area contributed by atoms with Gasteiger partial charge < -0.3 is 29.2 Å². The van der Waals surface area contributed by atoms with Crippen molar-refractivity contribution >= 4 is 39.1 Å². The molecule has 2 fully saturated rings. The van der Waals surface area contributed by atoms with Crippen LogP contribution >= 0.6 is 11.6 Å². The molecule has 2 aliphatic carbocycles. The number of carbonyl (C=O) groups is 2. The third-order valence-corrected chi connectivity index (χ3v) is 13.1. The number of methoxy groups -OCH3 is 2. The molecule has 0 radical (unpaired) electrons. The van der Waals surface area contributed by atoms with E-state index in [4.69, 9.17) is 30.5 Å². The second kappa shape index (κ2) is 16.9. The molecule has 4 atom stereocenters. The van der Waals surface area contributed by atoms with Gasteiger partial charge in [-0.2, -0.15) is 0 Å². The molecule has 0 spiro atoms. The Morgan fingerprint density at radius 2 is 1.83 bits per heavy atom. The van der Waals surface area contributed by atoms with E-state index in [0.717, 1.165) is 87.7 Å². The number of halogens is 1. The van der Waals surface area contributed by atoms with Crippen LogP contribution in [0.2, 0.25) is 5.02 Å². The SMILES string of the molecule is COC1CCC(NC(=O)NS2(=O)=NC(=O)C(C)(C)OC/C=C/[C@H](OC)[C@@H]3CC[C@H]3CN3CCCCc4cc(Cl)ccc4COc4ccc2cc43)CC1. The number of anilines is 1. The quantitative estimate of drug-likeness (QED) is 0.320. The molecule has 52 heavy (non-hydrogen) atoms. The minimum atomic E-state index is -3.85. The zero-order valence-corrected chi connectivity index (χ0v) is 32.3. The Balaban J connectivity index is 1.41. The van der Waals surface area contributed by atoms with Crippen molar-refractivity contribution in [2.75, 3.05) is 38.8 Å². The van der Waals surface area contributed by atoms with Gasteiger partial charge in [-0.1, -0.05) is 29.8 Å². The number of aryl methyl sites for hydroxylation is 1. The molecule has 2 aromatic carbocycles. The molecule has 2 heterocycles. The van der Waals surface area contributed by atoms with Crippen LogP contribution in [0.3, 0.4) is 0 Å². The Kier molecular flexibility index (Phi) is 12.5.